The van der Waals surface area contributed by atoms with E-state index in [9.17, 15) is 4.79 Å². The Balaban J connectivity index is 1.90. The molecule has 0 aliphatic heterocycles. The summed E-state index contributed by atoms with van der Waals surface area (Å²) in [5.41, 5.74) is 5.53. The first-order valence-electron chi connectivity index (χ1n) is 8.37. The van der Waals surface area contributed by atoms with Gasteiger partial charge in [0.15, 0.2) is 0 Å². The topological polar surface area (TPSA) is 59.9 Å². The third-order valence-corrected chi connectivity index (χ3v) is 4.77. The number of rotatable bonds is 9. The summed E-state index contributed by atoms with van der Waals surface area (Å²) in [5.74, 6) is 2.51. The number of carbonyl (C=O) groups excluding carboxylic acids is 1. The number of hydrogen-bond acceptors (Lipinski definition) is 5. The zero-order valence-corrected chi connectivity index (χ0v) is 16.1. The third-order valence-electron chi connectivity index (χ3n) is 3.76. The van der Waals surface area contributed by atoms with Crippen LogP contribution in [0.15, 0.2) is 47.6 Å². The van der Waals surface area contributed by atoms with Crippen molar-refractivity contribution in [3.63, 3.8) is 0 Å². The number of hydrogen-bond donors (Lipinski definition) is 1. The fourth-order valence-corrected chi connectivity index (χ4v) is 3.32. The van der Waals surface area contributed by atoms with Crippen molar-refractivity contribution in [2.75, 3.05) is 20.0 Å². The van der Waals surface area contributed by atoms with E-state index in [0.717, 1.165) is 29.1 Å². The molecule has 26 heavy (non-hydrogen) atoms. The van der Waals surface area contributed by atoms with Crippen LogP contribution in [0.25, 0.3) is 0 Å². The lowest BCUT2D eigenvalue weighted by molar-refractivity contribution is -0.118. The van der Waals surface area contributed by atoms with Gasteiger partial charge >= 0.3 is 0 Å². The summed E-state index contributed by atoms with van der Waals surface area (Å²) in [6, 6.07) is 13.8. The summed E-state index contributed by atoms with van der Waals surface area (Å²) in [5, 5.41) is 4.05. The van der Waals surface area contributed by atoms with Crippen LogP contribution in [-0.2, 0) is 17.0 Å². The van der Waals surface area contributed by atoms with E-state index in [1.54, 1.807) is 32.2 Å². The highest BCUT2D eigenvalue weighted by Crippen LogP contribution is 2.31. The van der Waals surface area contributed by atoms with Gasteiger partial charge in [0.05, 0.1) is 26.2 Å². The van der Waals surface area contributed by atoms with Crippen LogP contribution in [0.1, 0.15) is 23.6 Å². The predicted molar refractivity (Wildman–Crippen MR) is 107 cm³/mol. The molecule has 0 fully saturated rings. The standard InChI is InChI=1S/C20H24N2O3S/c1-4-17-18(24-2)11-10-16(20(17)25-3)12-21-22-19(23)14-26-13-15-8-6-5-7-9-15/h5-12H,4,13-14H2,1-3H3,(H,22,23)/b21-12-. The molecule has 0 spiro atoms. The molecular weight excluding hydrogens is 348 g/mol. The molecule has 2 aromatic carbocycles. The normalized spacial score (nSPS) is 10.7. The molecule has 138 valence electrons. The number of hydrazone groups is 1. The predicted octanol–water partition coefficient (Wildman–Crippen LogP) is 3.65. The van der Waals surface area contributed by atoms with Gasteiger partial charge in [-0.3, -0.25) is 4.79 Å². The smallest absolute Gasteiger partial charge is 0.250 e. The second-order valence-corrected chi connectivity index (χ2v) is 6.48. The molecule has 0 heterocycles. The van der Waals surface area contributed by atoms with Crippen LogP contribution in [0.4, 0.5) is 0 Å². The number of nitrogens with one attached hydrogen (secondary N) is 1. The molecule has 2 aromatic rings. The second kappa shape index (κ2) is 10.5. The van der Waals surface area contributed by atoms with Gasteiger partial charge in [-0.05, 0) is 24.1 Å². The lowest BCUT2D eigenvalue weighted by Crippen LogP contribution is -2.19. The maximum absolute atomic E-state index is 11.9. The Kier molecular flexibility index (Phi) is 8.02. The maximum atomic E-state index is 11.9. The van der Waals surface area contributed by atoms with Crippen LogP contribution < -0.4 is 14.9 Å². The van der Waals surface area contributed by atoms with Crippen LogP contribution >= 0.6 is 11.8 Å². The van der Waals surface area contributed by atoms with E-state index in [1.165, 1.54) is 5.56 Å². The van der Waals surface area contributed by atoms with Gasteiger partial charge in [-0.15, -0.1) is 11.8 Å². The third kappa shape index (κ3) is 5.52. The molecular formula is C20H24N2O3S. The number of methoxy groups -OCH3 is 2. The Hall–Kier alpha value is -2.47. The molecule has 0 aromatic heterocycles. The van der Waals surface area contributed by atoms with Crippen LogP contribution in [0, 0.1) is 0 Å². The fraction of sp³-hybridized carbons (Fsp3) is 0.300. The van der Waals surface area contributed by atoms with Gasteiger partial charge in [0.25, 0.3) is 0 Å². The minimum atomic E-state index is -0.134. The molecule has 0 aliphatic carbocycles. The van der Waals surface area contributed by atoms with Gasteiger partial charge in [-0.2, -0.15) is 5.10 Å². The van der Waals surface area contributed by atoms with Crippen LogP contribution in [0.5, 0.6) is 11.5 Å². The average molecular weight is 372 g/mol. The van der Waals surface area contributed by atoms with Gasteiger partial charge < -0.3 is 9.47 Å². The zero-order chi connectivity index (χ0) is 18.8. The molecule has 0 saturated carbocycles. The van der Waals surface area contributed by atoms with Crippen molar-refractivity contribution in [3.05, 3.63) is 59.2 Å². The number of carbonyl (C=O) groups is 1. The maximum Gasteiger partial charge on any atom is 0.250 e. The SMILES string of the molecule is CCc1c(OC)ccc(/C=N\NC(=O)CSCc2ccccc2)c1OC. The van der Waals surface area contributed by atoms with Gasteiger partial charge in [-0.25, -0.2) is 5.43 Å². The summed E-state index contributed by atoms with van der Waals surface area (Å²) >= 11 is 1.55. The monoisotopic (exact) mass is 372 g/mol. The molecule has 0 bridgehead atoms. The summed E-state index contributed by atoms with van der Waals surface area (Å²) < 4.78 is 10.9. The van der Waals surface area contributed by atoms with Gasteiger partial charge in [-0.1, -0.05) is 37.3 Å². The lowest BCUT2D eigenvalue weighted by atomic mass is 10.1. The van der Waals surface area contributed by atoms with Crippen molar-refractivity contribution >= 4 is 23.9 Å². The first kappa shape index (κ1) is 19.8. The molecule has 0 radical (unpaired) electrons. The highest BCUT2D eigenvalue weighted by molar-refractivity contribution is 7.99. The second-order valence-electron chi connectivity index (χ2n) is 5.49. The molecule has 5 nitrogen and oxygen atoms in total. The van der Waals surface area contributed by atoms with Crippen molar-refractivity contribution in [2.24, 2.45) is 5.10 Å². The van der Waals surface area contributed by atoms with Crippen molar-refractivity contribution in [1.29, 1.82) is 0 Å². The van der Waals surface area contributed by atoms with Crippen LogP contribution in [0.3, 0.4) is 0 Å². The zero-order valence-electron chi connectivity index (χ0n) is 15.3. The number of benzene rings is 2. The fourth-order valence-electron chi connectivity index (χ4n) is 2.54. The summed E-state index contributed by atoms with van der Waals surface area (Å²) in [6.07, 6.45) is 2.37. The molecule has 1 amide bonds. The quantitative estimate of drug-likeness (QED) is 0.539. The first-order valence-corrected chi connectivity index (χ1v) is 9.52. The minimum absolute atomic E-state index is 0.134. The molecule has 0 unspecified atom stereocenters. The van der Waals surface area contributed by atoms with Crippen molar-refractivity contribution in [1.82, 2.24) is 5.43 Å². The van der Waals surface area contributed by atoms with E-state index >= 15 is 0 Å². The Morgan fingerprint density at radius 1 is 1.15 bits per heavy atom. The molecule has 0 saturated heterocycles. The molecule has 2 rings (SSSR count). The van der Waals surface area contributed by atoms with Gasteiger partial charge in [0.1, 0.15) is 11.5 Å². The van der Waals surface area contributed by atoms with E-state index in [-0.39, 0.29) is 5.91 Å². The first-order chi connectivity index (χ1) is 12.7. The Morgan fingerprint density at radius 2 is 1.92 bits per heavy atom. The average Bonchev–Trinajstić information content (AvgIpc) is 2.68. The summed E-state index contributed by atoms with van der Waals surface area (Å²) in [6.45, 7) is 2.03. The summed E-state index contributed by atoms with van der Waals surface area (Å²) in [7, 11) is 3.25. The Morgan fingerprint density at radius 3 is 2.58 bits per heavy atom. The lowest BCUT2D eigenvalue weighted by Gasteiger charge is -2.13. The Labute approximate surface area is 158 Å². The Bertz CT molecular complexity index is 748. The van der Waals surface area contributed by atoms with E-state index in [0.29, 0.717) is 11.5 Å². The van der Waals surface area contributed by atoms with Crippen LogP contribution in [0.2, 0.25) is 0 Å². The number of ether oxygens (including phenoxy) is 2. The van der Waals surface area contributed by atoms with Crippen molar-refractivity contribution in [2.45, 2.75) is 19.1 Å². The number of thioether (sulfide) groups is 1. The molecule has 0 atom stereocenters. The number of nitrogens with zero attached hydrogens (tertiary/aromatic N) is 1. The van der Waals surface area contributed by atoms with Crippen molar-refractivity contribution in [3.8, 4) is 11.5 Å². The van der Waals surface area contributed by atoms with E-state index in [4.69, 9.17) is 9.47 Å². The van der Waals surface area contributed by atoms with E-state index in [2.05, 4.69) is 10.5 Å². The number of amides is 1. The molecule has 1 N–H and O–H groups in total. The highest BCUT2D eigenvalue weighted by atomic mass is 32.2. The van der Waals surface area contributed by atoms with E-state index < -0.39 is 0 Å². The van der Waals surface area contributed by atoms with Gasteiger partial charge in [0.2, 0.25) is 5.91 Å². The van der Waals surface area contributed by atoms with Gasteiger partial charge in [0, 0.05) is 16.9 Å². The largest absolute Gasteiger partial charge is 0.496 e. The van der Waals surface area contributed by atoms with Crippen molar-refractivity contribution < 1.29 is 14.3 Å². The van der Waals surface area contributed by atoms with E-state index in [1.807, 2.05) is 49.4 Å². The highest BCUT2D eigenvalue weighted by Gasteiger charge is 2.12. The molecule has 6 heteroatoms. The van der Waals surface area contributed by atoms with Crippen LogP contribution in [-0.4, -0.2) is 32.1 Å². The molecule has 0 aliphatic rings. The summed E-state index contributed by atoms with van der Waals surface area (Å²) in [4.78, 5) is 11.9. The minimum Gasteiger partial charge on any atom is -0.496 e.